The van der Waals surface area contributed by atoms with Gasteiger partial charge in [0.1, 0.15) is 0 Å². The van der Waals surface area contributed by atoms with E-state index in [-0.39, 0.29) is 24.0 Å². The Balaban J connectivity index is 2.03. The molecule has 0 saturated carbocycles. The van der Waals surface area contributed by atoms with Crippen LogP contribution < -0.4 is 5.32 Å². The SMILES string of the molecule is Cn1c(C(=O)NCc2ccc(CO)cc2)ccc1[N+](=O)[O-]. The Morgan fingerprint density at radius 1 is 1.24 bits per heavy atom. The molecule has 1 aromatic carbocycles. The Bertz CT molecular complexity index is 661. The zero-order valence-electron chi connectivity index (χ0n) is 11.4. The van der Waals surface area contributed by atoms with E-state index in [9.17, 15) is 14.9 Å². The number of carbonyl (C=O) groups is 1. The Morgan fingerprint density at radius 3 is 2.38 bits per heavy atom. The quantitative estimate of drug-likeness (QED) is 0.641. The van der Waals surface area contributed by atoms with Crippen LogP contribution >= 0.6 is 0 Å². The minimum atomic E-state index is -0.537. The topological polar surface area (TPSA) is 97.4 Å². The summed E-state index contributed by atoms with van der Waals surface area (Å²) >= 11 is 0. The molecule has 0 aliphatic rings. The lowest BCUT2D eigenvalue weighted by Crippen LogP contribution is -2.25. The summed E-state index contributed by atoms with van der Waals surface area (Å²) in [5.41, 5.74) is 1.90. The van der Waals surface area contributed by atoms with Crippen LogP contribution in [0.5, 0.6) is 0 Å². The van der Waals surface area contributed by atoms with Gasteiger partial charge in [0.15, 0.2) is 5.69 Å². The van der Waals surface area contributed by atoms with E-state index >= 15 is 0 Å². The summed E-state index contributed by atoms with van der Waals surface area (Å²) in [6, 6.07) is 9.87. The number of hydrogen-bond donors (Lipinski definition) is 2. The molecule has 0 aliphatic carbocycles. The predicted octanol–water partition coefficient (Wildman–Crippen LogP) is 1.36. The van der Waals surface area contributed by atoms with Crippen LogP contribution in [-0.4, -0.2) is 20.5 Å². The van der Waals surface area contributed by atoms with E-state index in [4.69, 9.17) is 5.11 Å². The fourth-order valence-corrected chi connectivity index (χ4v) is 1.95. The van der Waals surface area contributed by atoms with Gasteiger partial charge >= 0.3 is 5.82 Å². The lowest BCUT2D eigenvalue weighted by molar-refractivity contribution is -0.391. The molecule has 110 valence electrons. The van der Waals surface area contributed by atoms with Gasteiger partial charge in [-0.2, -0.15) is 0 Å². The molecular formula is C14H15N3O4. The first-order chi connectivity index (χ1) is 10.0. The lowest BCUT2D eigenvalue weighted by atomic mass is 10.1. The molecule has 7 nitrogen and oxygen atoms in total. The van der Waals surface area contributed by atoms with Crippen molar-refractivity contribution >= 4 is 11.7 Å². The van der Waals surface area contributed by atoms with Gasteiger partial charge in [-0.3, -0.25) is 4.79 Å². The maximum absolute atomic E-state index is 12.0. The second-order valence-electron chi connectivity index (χ2n) is 4.55. The molecular weight excluding hydrogens is 274 g/mol. The van der Waals surface area contributed by atoms with Crippen molar-refractivity contribution in [3.63, 3.8) is 0 Å². The highest BCUT2D eigenvalue weighted by Gasteiger charge is 2.20. The normalized spacial score (nSPS) is 10.4. The summed E-state index contributed by atoms with van der Waals surface area (Å²) < 4.78 is 1.24. The summed E-state index contributed by atoms with van der Waals surface area (Å²) in [5.74, 6) is -0.510. The number of benzene rings is 1. The minimum absolute atomic E-state index is 0.0281. The van der Waals surface area contributed by atoms with Crippen molar-refractivity contribution in [1.29, 1.82) is 0 Å². The Morgan fingerprint density at radius 2 is 1.86 bits per heavy atom. The number of nitro groups is 1. The van der Waals surface area contributed by atoms with Crippen molar-refractivity contribution < 1.29 is 14.8 Å². The number of amides is 1. The number of hydrogen-bond acceptors (Lipinski definition) is 4. The molecule has 7 heteroatoms. The van der Waals surface area contributed by atoms with Gasteiger partial charge in [-0.1, -0.05) is 24.3 Å². The number of nitrogens with zero attached hydrogens (tertiary/aromatic N) is 2. The second kappa shape index (κ2) is 6.19. The summed E-state index contributed by atoms with van der Waals surface area (Å²) in [6.07, 6.45) is 0. The Hall–Kier alpha value is -2.67. The number of rotatable bonds is 5. The van der Waals surface area contributed by atoms with Crippen LogP contribution in [-0.2, 0) is 20.2 Å². The molecule has 0 aliphatic heterocycles. The van der Waals surface area contributed by atoms with Crippen LogP contribution in [0.1, 0.15) is 21.6 Å². The van der Waals surface area contributed by atoms with Gasteiger partial charge in [-0.05, 0) is 22.1 Å². The maximum Gasteiger partial charge on any atom is 0.323 e. The summed E-state index contributed by atoms with van der Waals surface area (Å²) in [6.45, 7) is 0.281. The van der Waals surface area contributed by atoms with E-state index in [1.54, 1.807) is 24.3 Å². The molecule has 2 rings (SSSR count). The first kappa shape index (κ1) is 14.7. The smallest absolute Gasteiger partial charge is 0.323 e. The first-order valence-electron chi connectivity index (χ1n) is 6.30. The number of aliphatic hydroxyl groups excluding tert-OH is 1. The van der Waals surface area contributed by atoms with Gasteiger partial charge in [0.05, 0.1) is 13.7 Å². The summed E-state index contributed by atoms with van der Waals surface area (Å²) in [4.78, 5) is 22.2. The van der Waals surface area contributed by atoms with Crippen LogP contribution in [0, 0.1) is 10.1 Å². The molecule has 2 aromatic rings. The van der Waals surface area contributed by atoms with E-state index in [0.717, 1.165) is 11.1 Å². The zero-order chi connectivity index (χ0) is 15.4. The Kier molecular flexibility index (Phi) is 4.34. The summed E-state index contributed by atoms with van der Waals surface area (Å²) in [5, 5.41) is 22.4. The van der Waals surface area contributed by atoms with Crippen molar-refractivity contribution in [3.8, 4) is 0 Å². The van der Waals surface area contributed by atoms with E-state index < -0.39 is 4.92 Å². The third kappa shape index (κ3) is 3.26. The Labute approximate surface area is 121 Å². The van der Waals surface area contributed by atoms with E-state index in [0.29, 0.717) is 6.54 Å². The summed E-state index contributed by atoms with van der Waals surface area (Å²) in [7, 11) is 1.48. The number of carbonyl (C=O) groups excluding carboxylic acids is 1. The van der Waals surface area contributed by atoms with Crippen LogP contribution in [0.4, 0.5) is 5.82 Å². The first-order valence-corrected chi connectivity index (χ1v) is 6.30. The minimum Gasteiger partial charge on any atom is -0.392 e. The highest BCUT2D eigenvalue weighted by molar-refractivity contribution is 5.93. The van der Waals surface area contributed by atoms with Gasteiger partial charge in [-0.25, -0.2) is 4.57 Å². The van der Waals surface area contributed by atoms with Gasteiger partial charge in [0.2, 0.25) is 0 Å². The average molecular weight is 289 g/mol. The standard InChI is InChI=1S/C14H15N3O4/c1-16-12(6-7-13(16)17(20)21)14(19)15-8-10-2-4-11(9-18)5-3-10/h2-7,18H,8-9H2,1H3,(H,15,19). The average Bonchev–Trinajstić information content (AvgIpc) is 2.87. The van der Waals surface area contributed by atoms with Gasteiger partial charge in [-0.15, -0.1) is 0 Å². The van der Waals surface area contributed by atoms with Gasteiger partial charge in [0.25, 0.3) is 5.91 Å². The van der Waals surface area contributed by atoms with Crippen molar-refractivity contribution in [1.82, 2.24) is 9.88 Å². The van der Waals surface area contributed by atoms with Crippen LogP contribution in [0.2, 0.25) is 0 Å². The van der Waals surface area contributed by atoms with E-state index in [2.05, 4.69) is 5.32 Å². The number of nitrogens with one attached hydrogen (secondary N) is 1. The van der Waals surface area contributed by atoms with Gasteiger partial charge < -0.3 is 20.5 Å². The third-order valence-electron chi connectivity index (χ3n) is 3.17. The van der Waals surface area contributed by atoms with E-state index in [1.807, 2.05) is 0 Å². The second-order valence-corrected chi connectivity index (χ2v) is 4.55. The zero-order valence-corrected chi connectivity index (χ0v) is 11.4. The molecule has 2 N–H and O–H groups in total. The molecule has 21 heavy (non-hydrogen) atoms. The molecule has 0 radical (unpaired) electrons. The molecule has 0 saturated heterocycles. The molecule has 0 unspecified atom stereocenters. The van der Waals surface area contributed by atoms with Crippen molar-refractivity contribution in [2.45, 2.75) is 13.2 Å². The molecule has 1 heterocycles. The van der Waals surface area contributed by atoms with Crippen LogP contribution in [0.25, 0.3) is 0 Å². The predicted molar refractivity (Wildman–Crippen MR) is 75.6 cm³/mol. The molecule has 0 spiro atoms. The number of aromatic nitrogens is 1. The largest absolute Gasteiger partial charge is 0.392 e. The van der Waals surface area contributed by atoms with Crippen molar-refractivity contribution in [2.24, 2.45) is 7.05 Å². The lowest BCUT2D eigenvalue weighted by Gasteiger charge is -2.05. The fourth-order valence-electron chi connectivity index (χ4n) is 1.95. The molecule has 0 atom stereocenters. The fraction of sp³-hybridized carbons (Fsp3) is 0.214. The third-order valence-corrected chi connectivity index (χ3v) is 3.17. The highest BCUT2D eigenvalue weighted by Crippen LogP contribution is 2.15. The molecule has 1 aromatic heterocycles. The van der Waals surface area contributed by atoms with Crippen molar-refractivity contribution in [3.05, 3.63) is 63.3 Å². The maximum atomic E-state index is 12.0. The highest BCUT2D eigenvalue weighted by atomic mass is 16.6. The van der Waals surface area contributed by atoms with E-state index in [1.165, 1.54) is 23.7 Å². The molecule has 0 bridgehead atoms. The van der Waals surface area contributed by atoms with Crippen LogP contribution in [0.3, 0.4) is 0 Å². The van der Waals surface area contributed by atoms with Gasteiger partial charge in [0, 0.05) is 12.6 Å². The monoisotopic (exact) mass is 289 g/mol. The van der Waals surface area contributed by atoms with Crippen molar-refractivity contribution in [2.75, 3.05) is 0 Å². The number of aliphatic hydroxyl groups is 1. The van der Waals surface area contributed by atoms with Crippen LogP contribution in [0.15, 0.2) is 36.4 Å². The molecule has 0 fully saturated rings. The molecule has 1 amide bonds.